The van der Waals surface area contributed by atoms with Gasteiger partial charge in [-0.1, -0.05) is 30.3 Å². The molecule has 0 amide bonds. The van der Waals surface area contributed by atoms with Gasteiger partial charge in [0.2, 0.25) is 0 Å². The van der Waals surface area contributed by atoms with Crippen LogP contribution in [-0.2, 0) is 4.74 Å². The maximum Gasteiger partial charge on any atom is 0.340 e. The molecule has 0 unspecified atom stereocenters. The lowest BCUT2D eigenvalue weighted by Gasteiger charge is -2.06. The minimum atomic E-state index is -0.369. The summed E-state index contributed by atoms with van der Waals surface area (Å²) in [7, 11) is 1.37. The fraction of sp³-hybridized carbons (Fsp3) is 0.0769. The van der Waals surface area contributed by atoms with Gasteiger partial charge in [0.15, 0.2) is 0 Å². The maximum atomic E-state index is 11.5. The van der Waals surface area contributed by atoms with Crippen LogP contribution in [0.5, 0.6) is 0 Å². The van der Waals surface area contributed by atoms with E-state index in [1.165, 1.54) is 7.11 Å². The molecule has 0 aliphatic carbocycles. The third-order valence-corrected chi connectivity index (χ3v) is 2.26. The standard InChI is InChI=1S/C13H11NO2/c1-16-13(15)11-8-5-9-14-12(11)10-6-3-2-4-7-10/h2-9H,1H3. The topological polar surface area (TPSA) is 39.2 Å². The molecule has 3 heteroatoms. The Bertz CT molecular complexity index is 494. The number of carbonyl (C=O) groups excluding carboxylic acids is 1. The summed E-state index contributed by atoms with van der Waals surface area (Å²) in [6.45, 7) is 0. The molecule has 0 saturated carbocycles. The van der Waals surface area contributed by atoms with Crippen molar-refractivity contribution >= 4 is 5.97 Å². The zero-order chi connectivity index (χ0) is 11.4. The van der Waals surface area contributed by atoms with Crippen molar-refractivity contribution < 1.29 is 9.53 Å². The largest absolute Gasteiger partial charge is 0.465 e. The first-order chi connectivity index (χ1) is 7.83. The summed E-state index contributed by atoms with van der Waals surface area (Å²) in [6.07, 6.45) is 1.66. The molecule has 0 fully saturated rings. The van der Waals surface area contributed by atoms with Crippen molar-refractivity contribution in [1.82, 2.24) is 4.98 Å². The van der Waals surface area contributed by atoms with E-state index in [0.717, 1.165) is 5.56 Å². The van der Waals surface area contributed by atoms with Crippen molar-refractivity contribution in [3.05, 3.63) is 54.2 Å². The first kappa shape index (κ1) is 10.4. The second-order valence-electron chi connectivity index (χ2n) is 3.26. The van der Waals surface area contributed by atoms with E-state index in [1.54, 1.807) is 18.3 Å². The Morgan fingerprint density at radius 3 is 2.56 bits per heavy atom. The number of esters is 1. The van der Waals surface area contributed by atoms with Crippen LogP contribution in [0.2, 0.25) is 0 Å². The molecule has 0 saturated heterocycles. The highest BCUT2D eigenvalue weighted by Crippen LogP contribution is 2.20. The lowest BCUT2D eigenvalue weighted by molar-refractivity contribution is 0.0601. The van der Waals surface area contributed by atoms with E-state index in [4.69, 9.17) is 4.74 Å². The average molecular weight is 213 g/mol. The van der Waals surface area contributed by atoms with E-state index in [2.05, 4.69) is 4.98 Å². The van der Waals surface area contributed by atoms with Gasteiger partial charge in [-0.15, -0.1) is 0 Å². The van der Waals surface area contributed by atoms with Gasteiger partial charge in [-0.05, 0) is 12.1 Å². The van der Waals surface area contributed by atoms with Crippen LogP contribution in [-0.4, -0.2) is 18.1 Å². The molecule has 16 heavy (non-hydrogen) atoms. The summed E-state index contributed by atoms with van der Waals surface area (Å²) in [5.41, 5.74) is 2.04. The monoisotopic (exact) mass is 213 g/mol. The summed E-state index contributed by atoms with van der Waals surface area (Å²) in [5, 5.41) is 0. The van der Waals surface area contributed by atoms with E-state index >= 15 is 0 Å². The van der Waals surface area contributed by atoms with Gasteiger partial charge in [-0.25, -0.2) is 4.79 Å². The number of benzene rings is 1. The molecule has 0 N–H and O–H groups in total. The fourth-order valence-electron chi connectivity index (χ4n) is 1.51. The van der Waals surface area contributed by atoms with Crippen molar-refractivity contribution in [1.29, 1.82) is 0 Å². The Kier molecular flexibility index (Phi) is 2.96. The summed E-state index contributed by atoms with van der Waals surface area (Å²) in [6, 6.07) is 13.0. The molecule has 2 aromatic rings. The zero-order valence-corrected chi connectivity index (χ0v) is 8.88. The van der Waals surface area contributed by atoms with Crippen LogP contribution < -0.4 is 0 Å². The minimum Gasteiger partial charge on any atom is -0.465 e. The molecule has 0 aliphatic heterocycles. The van der Waals surface area contributed by atoms with Crippen molar-refractivity contribution in [2.45, 2.75) is 0 Å². The van der Waals surface area contributed by atoms with E-state index in [-0.39, 0.29) is 5.97 Å². The van der Waals surface area contributed by atoms with Crippen LogP contribution in [0.4, 0.5) is 0 Å². The predicted molar refractivity (Wildman–Crippen MR) is 61.0 cm³/mol. The van der Waals surface area contributed by atoms with Crippen molar-refractivity contribution in [3.8, 4) is 11.3 Å². The molecule has 0 atom stereocenters. The minimum absolute atomic E-state index is 0.369. The molecular weight excluding hydrogens is 202 g/mol. The first-order valence-corrected chi connectivity index (χ1v) is 4.91. The molecule has 2 rings (SSSR count). The second kappa shape index (κ2) is 4.57. The first-order valence-electron chi connectivity index (χ1n) is 4.91. The van der Waals surface area contributed by atoms with Crippen LogP contribution >= 0.6 is 0 Å². The smallest absolute Gasteiger partial charge is 0.340 e. The summed E-state index contributed by atoms with van der Waals surface area (Å²) < 4.78 is 4.72. The Morgan fingerprint density at radius 1 is 1.12 bits per heavy atom. The number of hydrogen-bond acceptors (Lipinski definition) is 3. The Labute approximate surface area is 93.7 Å². The summed E-state index contributed by atoms with van der Waals surface area (Å²) >= 11 is 0. The lowest BCUT2D eigenvalue weighted by atomic mass is 10.1. The fourth-order valence-corrected chi connectivity index (χ4v) is 1.51. The van der Waals surface area contributed by atoms with Crippen LogP contribution in [0, 0.1) is 0 Å². The highest BCUT2D eigenvalue weighted by molar-refractivity contribution is 5.95. The zero-order valence-electron chi connectivity index (χ0n) is 8.88. The Morgan fingerprint density at radius 2 is 1.88 bits per heavy atom. The van der Waals surface area contributed by atoms with Gasteiger partial charge in [-0.2, -0.15) is 0 Å². The van der Waals surface area contributed by atoms with Crippen LogP contribution in [0.15, 0.2) is 48.7 Å². The van der Waals surface area contributed by atoms with Gasteiger partial charge in [-0.3, -0.25) is 4.98 Å². The second-order valence-corrected chi connectivity index (χ2v) is 3.26. The quantitative estimate of drug-likeness (QED) is 0.719. The molecule has 1 heterocycles. The highest BCUT2D eigenvalue weighted by Gasteiger charge is 2.13. The molecule has 0 aliphatic rings. The van der Waals surface area contributed by atoms with Crippen molar-refractivity contribution in [3.63, 3.8) is 0 Å². The third-order valence-electron chi connectivity index (χ3n) is 2.26. The van der Waals surface area contributed by atoms with E-state index in [0.29, 0.717) is 11.3 Å². The number of carbonyl (C=O) groups is 1. The van der Waals surface area contributed by atoms with Gasteiger partial charge in [0.05, 0.1) is 18.4 Å². The number of nitrogens with zero attached hydrogens (tertiary/aromatic N) is 1. The molecule has 0 spiro atoms. The van der Waals surface area contributed by atoms with Crippen molar-refractivity contribution in [2.75, 3.05) is 7.11 Å². The average Bonchev–Trinajstić information content (AvgIpc) is 2.39. The summed E-state index contributed by atoms with van der Waals surface area (Å²) in [5.74, 6) is -0.369. The number of methoxy groups -OCH3 is 1. The van der Waals surface area contributed by atoms with Gasteiger partial charge in [0.25, 0.3) is 0 Å². The molecule has 0 bridgehead atoms. The number of aromatic nitrogens is 1. The molecule has 1 aromatic carbocycles. The SMILES string of the molecule is COC(=O)c1cccnc1-c1ccccc1. The van der Waals surface area contributed by atoms with Crippen LogP contribution in [0.1, 0.15) is 10.4 Å². The van der Waals surface area contributed by atoms with Gasteiger partial charge in [0.1, 0.15) is 0 Å². The lowest BCUT2D eigenvalue weighted by Crippen LogP contribution is -2.04. The molecule has 0 radical (unpaired) electrons. The van der Waals surface area contributed by atoms with Gasteiger partial charge >= 0.3 is 5.97 Å². The van der Waals surface area contributed by atoms with Gasteiger partial charge < -0.3 is 4.74 Å². The van der Waals surface area contributed by atoms with E-state index in [9.17, 15) is 4.79 Å². The Balaban J connectivity index is 2.53. The Hall–Kier alpha value is -2.16. The number of ether oxygens (including phenoxy) is 1. The molecular formula is C13H11NO2. The highest BCUT2D eigenvalue weighted by atomic mass is 16.5. The number of hydrogen-bond donors (Lipinski definition) is 0. The molecule has 80 valence electrons. The van der Waals surface area contributed by atoms with E-state index in [1.807, 2.05) is 30.3 Å². The summed E-state index contributed by atoms with van der Waals surface area (Å²) in [4.78, 5) is 15.8. The molecule has 3 nitrogen and oxygen atoms in total. The third kappa shape index (κ3) is 1.93. The van der Waals surface area contributed by atoms with Crippen LogP contribution in [0.25, 0.3) is 11.3 Å². The maximum absolute atomic E-state index is 11.5. The predicted octanol–water partition coefficient (Wildman–Crippen LogP) is 2.54. The number of rotatable bonds is 2. The molecule has 1 aromatic heterocycles. The van der Waals surface area contributed by atoms with Gasteiger partial charge in [0, 0.05) is 11.8 Å². The van der Waals surface area contributed by atoms with Crippen molar-refractivity contribution in [2.24, 2.45) is 0 Å². The van der Waals surface area contributed by atoms with E-state index < -0.39 is 0 Å². The normalized spacial score (nSPS) is 9.81. The van der Waals surface area contributed by atoms with Crippen LogP contribution in [0.3, 0.4) is 0 Å². The number of pyridine rings is 1.